The molecule has 0 radical (unpaired) electrons. The lowest BCUT2D eigenvalue weighted by Gasteiger charge is -2.50. The van der Waals surface area contributed by atoms with Crippen molar-refractivity contribution in [3.8, 4) is 5.75 Å². The SMILES string of the molecule is COc1ccc(COC2[C@H](OP(OCc3ccccc3)OCc3ccccc3)[C@H](OP(OCc3ccccc3)OCc3ccccc3)C(OP(OCc3ccccc3)OCc3ccccc3)[C@H](OP(OCc3ccccc3)OCc3ccccc3)[C@H]2OP(OCc2ccccc2)OCc2ccccc2)cc1. The van der Waals surface area contributed by atoms with Gasteiger partial charge in [0.2, 0.25) is 0 Å². The van der Waals surface area contributed by atoms with Crippen molar-refractivity contribution in [3.63, 3.8) is 0 Å². The Morgan fingerprint density at radius 1 is 0.179 bits per heavy atom. The predicted molar refractivity (Wildman–Crippen MR) is 413 cm³/mol. The molecule has 1 fully saturated rings. The lowest BCUT2D eigenvalue weighted by Crippen LogP contribution is -2.66. The second-order valence-electron chi connectivity index (χ2n) is 24.2. The molecule has 0 aromatic heterocycles. The monoisotopic (exact) mass is 1520 g/mol. The van der Waals surface area contributed by atoms with Crippen LogP contribution in [0.25, 0.3) is 0 Å². The van der Waals surface area contributed by atoms with Gasteiger partial charge in [-0.25, -0.2) is 0 Å². The summed E-state index contributed by atoms with van der Waals surface area (Å²) in [5.41, 5.74) is 9.36. The van der Waals surface area contributed by atoms with E-state index in [-0.39, 0.29) is 72.7 Å². The van der Waals surface area contributed by atoms with E-state index in [1.54, 1.807) is 7.11 Å². The van der Waals surface area contributed by atoms with Gasteiger partial charge >= 0.3 is 43.0 Å². The molecule has 11 aromatic carbocycles. The van der Waals surface area contributed by atoms with Crippen LogP contribution in [0.3, 0.4) is 0 Å². The van der Waals surface area contributed by atoms with Crippen LogP contribution >= 0.6 is 43.0 Å². The van der Waals surface area contributed by atoms with E-state index < -0.39 is 79.6 Å². The molecule has 0 N–H and O–H groups in total. The Morgan fingerprint density at radius 3 is 0.491 bits per heavy atom. The van der Waals surface area contributed by atoms with E-state index in [1.165, 1.54) is 0 Å². The summed E-state index contributed by atoms with van der Waals surface area (Å²) in [4.78, 5) is 0. The minimum atomic E-state index is -2.49. The van der Waals surface area contributed by atoms with Gasteiger partial charge in [-0.05, 0) is 73.3 Å². The van der Waals surface area contributed by atoms with Gasteiger partial charge < -0.3 is 77.3 Å². The third-order valence-corrected chi connectivity index (χ3v) is 21.9. The topological polar surface area (TPSA) is 157 Å². The minimum absolute atomic E-state index is 0.0404. The van der Waals surface area contributed by atoms with Crippen molar-refractivity contribution < 1.29 is 77.3 Å². The third kappa shape index (κ3) is 26.3. The molecule has 22 heteroatoms. The maximum atomic E-state index is 7.78. The average Bonchev–Trinajstić information content (AvgIpc) is 0.753. The fourth-order valence-electron chi connectivity index (χ4n) is 10.8. The highest BCUT2D eigenvalue weighted by molar-refractivity contribution is 7.43. The van der Waals surface area contributed by atoms with Crippen LogP contribution in [0, 0.1) is 0 Å². The zero-order valence-electron chi connectivity index (χ0n) is 58.6. The fourth-order valence-corrected chi connectivity index (χ4v) is 16.5. The van der Waals surface area contributed by atoms with Crippen molar-refractivity contribution in [3.05, 3.63) is 389 Å². The van der Waals surface area contributed by atoms with Crippen LogP contribution < -0.4 is 4.74 Å². The second-order valence-corrected chi connectivity index (χ2v) is 30.1. The molecule has 1 saturated carbocycles. The Hall–Kier alpha value is -7.27. The predicted octanol–water partition coefficient (Wildman–Crippen LogP) is 21.8. The highest BCUT2D eigenvalue weighted by Crippen LogP contribution is 2.58. The molecule has 0 amide bonds. The molecular weight excluding hydrogens is 1440 g/mol. The Morgan fingerprint density at radius 2 is 0.330 bits per heavy atom. The van der Waals surface area contributed by atoms with Gasteiger partial charge in [0.15, 0.2) is 0 Å². The second kappa shape index (κ2) is 44.3. The van der Waals surface area contributed by atoms with Crippen molar-refractivity contribution in [2.75, 3.05) is 7.11 Å². The molecule has 0 heterocycles. The van der Waals surface area contributed by atoms with Gasteiger partial charge in [-0.15, -0.1) is 0 Å². The van der Waals surface area contributed by atoms with Crippen LogP contribution in [-0.4, -0.2) is 43.7 Å². The summed E-state index contributed by atoms with van der Waals surface area (Å²) in [6.07, 6.45) is -8.33. The Kier molecular flexibility index (Phi) is 32.7. The first-order chi connectivity index (χ1) is 52.5. The lowest BCUT2D eigenvalue weighted by atomic mass is 9.85. The molecule has 548 valence electrons. The number of hydrogen-bond donors (Lipinski definition) is 0. The maximum Gasteiger partial charge on any atom is 0.333 e. The first-order valence-electron chi connectivity index (χ1n) is 34.8. The highest BCUT2D eigenvalue weighted by Gasteiger charge is 2.60. The Labute approximate surface area is 627 Å². The summed E-state index contributed by atoms with van der Waals surface area (Å²) in [5.74, 6) is 0.651. The van der Waals surface area contributed by atoms with Crippen LogP contribution in [0.15, 0.2) is 328 Å². The zero-order valence-corrected chi connectivity index (χ0v) is 63.1. The smallest absolute Gasteiger partial charge is 0.333 e. The maximum absolute atomic E-state index is 7.78. The van der Waals surface area contributed by atoms with Crippen LogP contribution in [-0.2, 0) is 145 Å². The van der Waals surface area contributed by atoms with Crippen molar-refractivity contribution >= 4 is 43.0 Å². The van der Waals surface area contributed by atoms with E-state index in [9.17, 15) is 0 Å². The quantitative estimate of drug-likeness (QED) is 0.0332. The summed E-state index contributed by atoms with van der Waals surface area (Å²) in [7, 11) is -10.7. The van der Waals surface area contributed by atoms with E-state index in [4.69, 9.17) is 77.3 Å². The summed E-state index contributed by atoms with van der Waals surface area (Å²) in [6, 6.07) is 106. The molecule has 17 nitrogen and oxygen atoms in total. The van der Waals surface area contributed by atoms with Crippen LogP contribution in [0.2, 0.25) is 0 Å². The van der Waals surface area contributed by atoms with E-state index in [2.05, 4.69) is 0 Å². The molecule has 11 aromatic rings. The Bertz CT molecular complexity index is 3730. The fraction of sp³-hybridized carbons (Fsp3) is 0.214. The largest absolute Gasteiger partial charge is 0.497 e. The first-order valence-corrected chi connectivity index (χ1v) is 40.2. The molecule has 0 aliphatic heterocycles. The van der Waals surface area contributed by atoms with Crippen molar-refractivity contribution in [2.24, 2.45) is 0 Å². The number of benzene rings is 11. The number of hydrogen-bond acceptors (Lipinski definition) is 17. The normalized spacial score (nSPS) is 16.7. The average molecular weight is 1520 g/mol. The van der Waals surface area contributed by atoms with E-state index in [0.717, 1.165) is 61.2 Å². The van der Waals surface area contributed by atoms with Gasteiger partial charge in [-0.2, -0.15) is 0 Å². The van der Waals surface area contributed by atoms with Crippen molar-refractivity contribution in [2.45, 2.75) is 109 Å². The van der Waals surface area contributed by atoms with E-state index >= 15 is 0 Å². The van der Waals surface area contributed by atoms with Crippen LogP contribution in [0.5, 0.6) is 5.75 Å². The lowest BCUT2D eigenvalue weighted by molar-refractivity contribution is -0.218. The summed E-state index contributed by atoms with van der Waals surface area (Å²) < 4.78 is 122. The third-order valence-electron chi connectivity index (χ3n) is 16.4. The van der Waals surface area contributed by atoms with Crippen molar-refractivity contribution in [1.82, 2.24) is 0 Å². The van der Waals surface area contributed by atoms with Crippen LogP contribution in [0.1, 0.15) is 61.2 Å². The molecule has 1 aliphatic rings. The molecule has 2 unspecified atom stereocenters. The molecule has 0 saturated heterocycles. The minimum Gasteiger partial charge on any atom is -0.497 e. The zero-order chi connectivity index (χ0) is 72.3. The summed E-state index contributed by atoms with van der Waals surface area (Å²) in [6.45, 7) is 0.693. The molecule has 0 bridgehead atoms. The highest BCUT2D eigenvalue weighted by atomic mass is 31.2. The molecule has 6 atom stereocenters. The van der Waals surface area contributed by atoms with Gasteiger partial charge in [0.05, 0.1) is 79.8 Å². The summed E-state index contributed by atoms with van der Waals surface area (Å²) >= 11 is 0. The molecular formula is C84H85O17P5. The van der Waals surface area contributed by atoms with Gasteiger partial charge in [0.25, 0.3) is 0 Å². The number of methoxy groups -OCH3 is 1. The van der Waals surface area contributed by atoms with Gasteiger partial charge in [0.1, 0.15) is 42.4 Å². The molecule has 12 rings (SSSR count). The standard InChI is InChI=1S/C84H85O17P5/c1-85-78-54-52-77(53-55-78)56-86-79-80(97-102(87-57-67-32-12-2-13-33-67)88-58-68-34-14-3-15-35-68)82(99-104(91-61-71-40-20-6-21-41-71)92-62-72-42-22-7-23-43-72)84(101-106(95-65-75-48-28-10-29-49-75)96-66-76-50-30-11-31-51-76)83(100-105(93-63-73-44-24-8-25-45-73)94-64-74-46-26-9-27-47-74)81(79)98-103(89-59-69-36-16-4-17-37-69)90-60-70-38-18-5-19-39-70/h2-55,79-84H,56-66H2,1H3/t79?,80-,81-,82-,83+,84?/m0/s1. The first kappa shape index (κ1) is 78.3. The van der Waals surface area contributed by atoms with Crippen LogP contribution in [0.4, 0.5) is 0 Å². The number of rotatable bonds is 44. The summed E-state index contributed by atoms with van der Waals surface area (Å²) in [5, 5.41) is 0. The van der Waals surface area contributed by atoms with E-state index in [0.29, 0.717) is 5.75 Å². The molecule has 0 spiro atoms. The van der Waals surface area contributed by atoms with Gasteiger partial charge in [0, 0.05) is 0 Å². The van der Waals surface area contributed by atoms with Gasteiger partial charge in [-0.1, -0.05) is 315 Å². The molecule has 1 aliphatic carbocycles. The Balaban J connectivity index is 1.08. The van der Waals surface area contributed by atoms with Crippen molar-refractivity contribution in [1.29, 1.82) is 0 Å². The number of ether oxygens (including phenoxy) is 2. The van der Waals surface area contributed by atoms with E-state index in [1.807, 2.05) is 328 Å². The molecule has 106 heavy (non-hydrogen) atoms. The van der Waals surface area contributed by atoms with Gasteiger partial charge in [-0.3, -0.25) is 0 Å².